The average molecular weight is 406 g/mol. The molecule has 9 heteroatoms. The molecule has 1 aliphatic heterocycles. The Morgan fingerprint density at radius 1 is 0.759 bits per heavy atom. The third kappa shape index (κ3) is 6.30. The molecule has 1 heterocycles. The zero-order valence-corrected chi connectivity index (χ0v) is 15.6. The van der Waals surface area contributed by atoms with Crippen LogP contribution in [0, 0.1) is 17.5 Å². The van der Waals surface area contributed by atoms with Crippen molar-refractivity contribution in [1.29, 1.82) is 0 Å². The zero-order valence-electron chi connectivity index (χ0n) is 15.6. The van der Waals surface area contributed by atoms with Gasteiger partial charge in [0.15, 0.2) is 11.6 Å². The molecule has 1 aliphatic rings. The highest BCUT2D eigenvalue weighted by molar-refractivity contribution is 5.92. The minimum atomic E-state index is -1.02. The summed E-state index contributed by atoms with van der Waals surface area (Å²) < 4.78 is 39.3. The van der Waals surface area contributed by atoms with E-state index in [-0.39, 0.29) is 30.6 Å². The fourth-order valence-electron chi connectivity index (χ4n) is 3.05. The smallest absolute Gasteiger partial charge is 0.238 e. The Bertz CT molecular complexity index is 886. The molecule has 0 bridgehead atoms. The van der Waals surface area contributed by atoms with Crippen molar-refractivity contribution in [3.8, 4) is 0 Å². The average Bonchev–Trinajstić information content (AvgIpc) is 2.66. The van der Waals surface area contributed by atoms with Crippen molar-refractivity contribution in [1.82, 2.24) is 9.80 Å². The second kappa shape index (κ2) is 9.53. The number of hydrogen-bond donors (Lipinski definition) is 2. The molecule has 0 unspecified atom stereocenters. The van der Waals surface area contributed by atoms with Crippen molar-refractivity contribution in [3.05, 3.63) is 59.9 Å². The number of benzene rings is 2. The number of rotatable bonds is 6. The summed E-state index contributed by atoms with van der Waals surface area (Å²) >= 11 is 0. The maximum absolute atomic E-state index is 13.2. The van der Waals surface area contributed by atoms with Crippen LogP contribution in [0.15, 0.2) is 42.5 Å². The van der Waals surface area contributed by atoms with Gasteiger partial charge in [-0.25, -0.2) is 13.2 Å². The molecule has 0 aromatic heterocycles. The Morgan fingerprint density at radius 2 is 1.31 bits per heavy atom. The predicted molar refractivity (Wildman–Crippen MR) is 103 cm³/mol. The highest BCUT2D eigenvalue weighted by atomic mass is 19.2. The maximum Gasteiger partial charge on any atom is 0.238 e. The molecule has 2 N–H and O–H groups in total. The Labute approximate surface area is 166 Å². The molecule has 2 aromatic rings. The van der Waals surface area contributed by atoms with Crippen molar-refractivity contribution in [2.75, 3.05) is 49.9 Å². The second-order valence-corrected chi connectivity index (χ2v) is 6.79. The molecule has 0 aliphatic carbocycles. The summed E-state index contributed by atoms with van der Waals surface area (Å²) in [5.41, 5.74) is 0.601. The summed E-state index contributed by atoms with van der Waals surface area (Å²) in [7, 11) is 0. The van der Waals surface area contributed by atoms with Gasteiger partial charge in [0.25, 0.3) is 0 Å². The third-order valence-corrected chi connectivity index (χ3v) is 4.51. The van der Waals surface area contributed by atoms with Gasteiger partial charge in [0.05, 0.1) is 13.1 Å². The zero-order chi connectivity index (χ0) is 20.8. The van der Waals surface area contributed by atoms with Gasteiger partial charge < -0.3 is 10.6 Å². The van der Waals surface area contributed by atoms with Crippen LogP contribution in [0.2, 0.25) is 0 Å². The van der Waals surface area contributed by atoms with Crippen LogP contribution in [0.5, 0.6) is 0 Å². The van der Waals surface area contributed by atoms with Gasteiger partial charge in [-0.1, -0.05) is 6.07 Å². The molecule has 0 radical (unpaired) electrons. The number of nitrogens with one attached hydrogen (secondary N) is 2. The molecule has 2 amide bonds. The molecular formula is C20H21F3N4O2. The van der Waals surface area contributed by atoms with Gasteiger partial charge in [0, 0.05) is 43.6 Å². The summed E-state index contributed by atoms with van der Waals surface area (Å²) in [6.45, 7) is 2.63. The summed E-state index contributed by atoms with van der Waals surface area (Å²) in [6.07, 6.45) is 0. The minimum Gasteiger partial charge on any atom is -0.325 e. The number of piperazine rings is 1. The van der Waals surface area contributed by atoms with Crippen molar-refractivity contribution in [2.24, 2.45) is 0 Å². The lowest BCUT2D eigenvalue weighted by atomic mass is 10.2. The maximum atomic E-state index is 13.2. The third-order valence-electron chi connectivity index (χ3n) is 4.51. The minimum absolute atomic E-state index is 0.113. The van der Waals surface area contributed by atoms with Crippen molar-refractivity contribution >= 4 is 23.2 Å². The van der Waals surface area contributed by atoms with Crippen LogP contribution >= 0.6 is 0 Å². The quantitative estimate of drug-likeness (QED) is 0.773. The van der Waals surface area contributed by atoms with E-state index in [0.29, 0.717) is 31.9 Å². The van der Waals surface area contributed by atoms with E-state index < -0.39 is 17.5 Å². The summed E-state index contributed by atoms with van der Waals surface area (Å²) in [5.74, 6) is -2.97. The fraction of sp³-hybridized carbons (Fsp3) is 0.300. The van der Waals surface area contributed by atoms with Crippen molar-refractivity contribution in [2.45, 2.75) is 0 Å². The van der Waals surface area contributed by atoms with E-state index >= 15 is 0 Å². The SMILES string of the molecule is O=C(CN1CCN(CC(=O)Nc2ccc(F)c(F)c2)CC1)Nc1cccc(F)c1. The Morgan fingerprint density at radius 3 is 1.83 bits per heavy atom. The van der Waals surface area contributed by atoms with E-state index in [1.807, 2.05) is 9.80 Å². The van der Waals surface area contributed by atoms with Gasteiger partial charge in [0.1, 0.15) is 5.82 Å². The second-order valence-electron chi connectivity index (χ2n) is 6.79. The number of hydrogen-bond acceptors (Lipinski definition) is 4. The largest absolute Gasteiger partial charge is 0.325 e. The van der Waals surface area contributed by atoms with Gasteiger partial charge in [0.2, 0.25) is 11.8 Å². The van der Waals surface area contributed by atoms with Gasteiger partial charge >= 0.3 is 0 Å². The number of carbonyl (C=O) groups excluding carboxylic acids is 2. The molecule has 0 atom stereocenters. The number of anilines is 2. The van der Waals surface area contributed by atoms with Crippen LogP contribution in [0.4, 0.5) is 24.5 Å². The first kappa shape index (κ1) is 20.8. The van der Waals surface area contributed by atoms with E-state index in [1.54, 1.807) is 6.07 Å². The van der Waals surface area contributed by atoms with Gasteiger partial charge in [-0.3, -0.25) is 19.4 Å². The molecule has 154 valence electrons. The van der Waals surface area contributed by atoms with E-state index in [1.165, 1.54) is 24.3 Å². The molecular weight excluding hydrogens is 385 g/mol. The van der Waals surface area contributed by atoms with Crippen LogP contribution in [0.3, 0.4) is 0 Å². The molecule has 29 heavy (non-hydrogen) atoms. The molecule has 3 rings (SSSR count). The Kier molecular flexibility index (Phi) is 6.84. The molecule has 0 saturated carbocycles. The number of halogens is 3. The van der Waals surface area contributed by atoms with Crippen molar-refractivity contribution < 1.29 is 22.8 Å². The number of nitrogens with zero attached hydrogens (tertiary/aromatic N) is 2. The fourth-order valence-corrected chi connectivity index (χ4v) is 3.05. The van der Waals surface area contributed by atoms with Crippen LogP contribution < -0.4 is 10.6 Å². The molecule has 2 aromatic carbocycles. The summed E-state index contributed by atoms with van der Waals surface area (Å²) in [6, 6.07) is 8.88. The van der Waals surface area contributed by atoms with Crippen LogP contribution in [0.1, 0.15) is 0 Å². The summed E-state index contributed by atoms with van der Waals surface area (Å²) in [5, 5.41) is 5.19. The van der Waals surface area contributed by atoms with Gasteiger partial charge in [-0.05, 0) is 30.3 Å². The number of carbonyl (C=O) groups is 2. The Hall–Kier alpha value is -2.91. The predicted octanol–water partition coefficient (Wildman–Crippen LogP) is 2.30. The van der Waals surface area contributed by atoms with E-state index in [2.05, 4.69) is 10.6 Å². The Balaban J connectivity index is 1.40. The normalized spacial score (nSPS) is 15.1. The lowest BCUT2D eigenvalue weighted by Gasteiger charge is -2.33. The van der Waals surface area contributed by atoms with Gasteiger partial charge in [-0.2, -0.15) is 0 Å². The first-order valence-electron chi connectivity index (χ1n) is 9.14. The van der Waals surface area contributed by atoms with Crippen molar-refractivity contribution in [3.63, 3.8) is 0 Å². The van der Waals surface area contributed by atoms with E-state index in [9.17, 15) is 22.8 Å². The highest BCUT2D eigenvalue weighted by Crippen LogP contribution is 2.13. The van der Waals surface area contributed by atoms with Crippen LogP contribution in [-0.2, 0) is 9.59 Å². The standard InChI is InChI=1S/C20H21F3N4O2/c21-14-2-1-3-15(10-14)24-19(28)12-26-6-8-27(9-7-26)13-20(29)25-16-4-5-17(22)18(23)11-16/h1-5,10-11H,6-9,12-13H2,(H,24,28)(H,25,29). The van der Waals surface area contributed by atoms with Crippen LogP contribution in [0.25, 0.3) is 0 Å². The molecule has 6 nitrogen and oxygen atoms in total. The highest BCUT2D eigenvalue weighted by Gasteiger charge is 2.21. The lowest BCUT2D eigenvalue weighted by molar-refractivity contribution is -0.120. The van der Waals surface area contributed by atoms with Crippen LogP contribution in [-0.4, -0.2) is 60.9 Å². The monoisotopic (exact) mass is 406 g/mol. The number of amides is 2. The summed E-state index contributed by atoms with van der Waals surface area (Å²) in [4.78, 5) is 28.0. The topological polar surface area (TPSA) is 64.7 Å². The first-order chi connectivity index (χ1) is 13.9. The van der Waals surface area contributed by atoms with Gasteiger partial charge in [-0.15, -0.1) is 0 Å². The van der Waals surface area contributed by atoms with E-state index in [4.69, 9.17) is 0 Å². The molecule has 0 spiro atoms. The first-order valence-corrected chi connectivity index (χ1v) is 9.14. The molecule has 1 fully saturated rings. The van der Waals surface area contributed by atoms with E-state index in [0.717, 1.165) is 12.1 Å². The molecule has 1 saturated heterocycles. The lowest BCUT2D eigenvalue weighted by Crippen LogP contribution is -2.50.